The maximum atomic E-state index is 12.4. The number of halogens is 3. The van der Waals surface area contributed by atoms with Crippen molar-refractivity contribution in [2.75, 3.05) is 18.4 Å². The number of nitrogens with one attached hydrogen (secondary N) is 1. The Kier molecular flexibility index (Phi) is 4.17. The molecule has 2 rings (SSSR count). The number of hydrogen-bond acceptors (Lipinski definition) is 2. The highest BCUT2D eigenvalue weighted by Crippen LogP contribution is 2.30. The van der Waals surface area contributed by atoms with Gasteiger partial charge in [0.05, 0.1) is 5.56 Å². The van der Waals surface area contributed by atoms with Crippen molar-refractivity contribution < 1.29 is 18.0 Å². The zero-order valence-corrected chi connectivity index (χ0v) is 10.8. The molecule has 1 saturated carbocycles. The first-order valence-corrected chi connectivity index (χ1v) is 6.37. The molecule has 0 spiro atoms. The lowest BCUT2D eigenvalue weighted by Crippen LogP contribution is -2.40. The number of hydrogen-bond donors (Lipinski definition) is 2. The summed E-state index contributed by atoms with van der Waals surface area (Å²) in [5.41, 5.74) is 5.05. The third-order valence-electron chi connectivity index (χ3n) is 3.08. The third-order valence-corrected chi connectivity index (χ3v) is 3.08. The molecule has 110 valence electrons. The number of nitrogens with zero attached hydrogens (tertiary/aromatic N) is 1. The van der Waals surface area contributed by atoms with Crippen molar-refractivity contribution in [2.45, 2.75) is 25.1 Å². The Morgan fingerprint density at radius 3 is 2.35 bits per heavy atom. The minimum Gasteiger partial charge on any atom is -0.329 e. The van der Waals surface area contributed by atoms with Gasteiger partial charge in [0.25, 0.3) is 0 Å². The smallest absolute Gasteiger partial charge is 0.329 e. The summed E-state index contributed by atoms with van der Waals surface area (Å²) in [5.74, 6) is 0. The van der Waals surface area contributed by atoms with E-state index < -0.39 is 11.7 Å². The Labute approximate surface area is 114 Å². The van der Waals surface area contributed by atoms with Crippen LogP contribution in [0.15, 0.2) is 24.3 Å². The second-order valence-corrected chi connectivity index (χ2v) is 4.72. The zero-order chi connectivity index (χ0) is 14.8. The van der Waals surface area contributed by atoms with Gasteiger partial charge in [-0.1, -0.05) is 0 Å². The summed E-state index contributed by atoms with van der Waals surface area (Å²) < 4.78 is 37.2. The number of benzene rings is 1. The fraction of sp³-hybridized carbons (Fsp3) is 0.462. The van der Waals surface area contributed by atoms with Gasteiger partial charge in [0.15, 0.2) is 0 Å². The molecule has 0 aliphatic heterocycles. The van der Waals surface area contributed by atoms with E-state index in [0.29, 0.717) is 18.8 Å². The second kappa shape index (κ2) is 5.70. The molecule has 0 aromatic heterocycles. The molecule has 2 amide bonds. The van der Waals surface area contributed by atoms with E-state index in [2.05, 4.69) is 5.32 Å². The SMILES string of the molecule is NCCN(C(=O)Nc1ccc(C(F)(F)F)cc1)C1CC1. The normalized spacial score (nSPS) is 15.0. The van der Waals surface area contributed by atoms with Gasteiger partial charge in [-0.15, -0.1) is 0 Å². The Morgan fingerprint density at radius 2 is 1.90 bits per heavy atom. The topological polar surface area (TPSA) is 58.4 Å². The van der Waals surface area contributed by atoms with Crippen LogP contribution < -0.4 is 11.1 Å². The van der Waals surface area contributed by atoms with Crippen molar-refractivity contribution in [2.24, 2.45) is 5.73 Å². The lowest BCUT2D eigenvalue weighted by Gasteiger charge is -2.22. The minimum absolute atomic E-state index is 0.202. The van der Waals surface area contributed by atoms with E-state index in [0.717, 1.165) is 25.0 Å². The van der Waals surface area contributed by atoms with Crippen LogP contribution in [0.25, 0.3) is 0 Å². The largest absolute Gasteiger partial charge is 0.416 e. The molecular weight excluding hydrogens is 271 g/mol. The summed E-state index contributed by atoms with van der Waals surface area (Å²) in [6.45, 7) is 0.800. The maximum absolute atomic E-state index is 12.4. The van der Waals surface area contributed by atoms with Crippen molar-refractivity contribution in [3.63, 3.8) is 0 Å². The van der Waals surface area contributed by atoms with Crippen molar-refractivity contribution in [1.82, 2.24) is 4.90 Å². The van der Waals surface area contributed by atoms with E-state index in [9.17, 15) is 18.0 Å². The van der Waals surface area contributed by atoms with Crippen LogP contribution in [0.2, 0.25) is 0 Å². The number of amides is 2. The lowest BCUT2D eigenvalue weighted by atomic mass is 10.2. The van der Waals surface area contributed by atoms with Gasteiger partial charge in [-0.3, -0.25) is 0 Å². The number of carbonyl (C=O) groups is 1. The molecule has 1 fully saturated rings. The van der Waals surface area contributed by atoms with Gasteiger partial charge in [-0.25, -0.2) is 4.79 Å². The van der Waals surface area contributed by atoms with E-state index in [1.165, 1.54) is 12.1 Å². The monoisotopic (exact) mass is 287 g/mol. The average Bonchev–Trinajstić information content (AvgIpc) is 3.19. The summed E-state index contributed by atoms with van der Waals surface area (Å²) in [7, 11) is 0. The van der Waals surface area contributed by atoms with Gasteiger partial charge in [0, 0.05) is 24.8 Å². The predicted molar refractivity (Wildman–Crippen MR) is 69.2 cm³/mol. The van der Waals surface area contributed by atoms with Crippen molar-refractivity contribution in [3.05, 3.63) is 29.8 Å². The Balaban J connectivity index is 2.00. The first kappa shape index (κ1) is 14.6. The average molecular weight is 287 g/mol. The van der Waals surface area contributed by atoms with E-state index in [4.69, 9.17) is 5.73 Å². The molecule has 0 radical (unpaired) electrons. The van der Waals surface area contributed by atoms with Crippen LogP contribution >= 0.6 is 0 Å². The number of alkyl halides is 3. The molecule has 3 N–H and O–H groups in total. The van der Waals surface area contributed by atoms with Crippen molar-refractivity contribution >= 4 is 11.7 Å². The molecule has 7 heteroatoms. The van der Waals surface area contributed by atoms with Gasteiger partial charge in [-0.05, 0) is 37.1 Å². The molecule has 1 aromatic rings. The predicted octanol–water partition coefficient (Wildman–Crippen LogP) is 2.66. The van der Waals surface area contributed by atoms with Crippen LogP contribution in [0.4, 0.5) is 23.7 Å². The van der Waals surface area contributed by atoms with E-state index in [-0.39, 0.29) is 12.1 Å². The van der Waals surface area contributed by atoms with Crippen molar-refractivity contribution in [3.8, 4) is 0 Å². The number of carbonyl (C=O) groups excluding carboxylic acids is 1. The van der Waals surface area contributed by atoms with E-state index in [1.807, 2.05) is 0 Å². The number of rotatable bonds is 4. The van der Waals surface area contributed by atoms with Crippen LogP contribution in [0, 0.1) is 0 Å². The molecule has 0 bridgehead atoms. The molecule has 1 aliphatic carbocycles. The molecule has 20 heavy (non-hydrogen) atoms. The number of nitrogens with two attached hydrogens (primary N) is 1. The Hall–Kier alpha value is -1.76. The first-order chi connectivity index (χ1) is 9.41. The van der Waals surface area contributed by atoms with Crippen LogP contribution in [0.3, 0.4) is 0 Å². The third kappa shape index (κ3) is 3.63. The molecular formula is C13H16F3N3O. The minimum atomic E-state index is -4.37. The summed E-state index contributed by atoms with van der Waals surface area (Å²) in [4.78, 5) is 13.6. The van der Waals surface area contributed by atoms with E-state index in [1.54, 1.807) is 4.90 Å². The van der Waals surface area contributed by atoms with Gasteiger partial charge < -0.3 is 16.0 Å². The standard InChI is InChI=1S/C13H16F3N3O/c14-13(15,16)9-1-3-10(4-2-9)18-12(20)19(8-7-17)11-5-6-11/h1-4,11H,5-8,17H2,(H,18,20). The van der Waals surface area contributed by atoms with Crippen LogP contribution in [-0.2, 0) is 6.18 Å². The fourth-order valence-electron chi connectivity index (χ4n) is 1.91. The fourth-order valence-corrected chi connectivity index (χ4v) is 1.91. The highest BCUT2D eigenvalue weighted by molar-refractivity contribution is 5.89. The Bertz CT molecular complexity index is 469. The van der Waals surface area contributed by atoms with Crippen LogP contribution in [-0.4, -0.2) is 30.1 Å². The molecule has 0 atom stereocenters. The molecule has 0 heterocycles. The lowest BCUT2D eigenvalue weighted by molar-refractivity contribution is -0.137. The molecule has 1 aromatic carbocycles. The quantitative estimate of drug-likeness (QED) is 0.894. The zero-order valence-electron chi connectivity index (χ0n) is 10.8. The highest BCUT2D eigenvalue weighted by Gasteiger charge is 2.32. The number of urea groups is 1. The highest BCUT2D eigenvalue weighted by atomic mass is 19.4. The van der Waals surface area contributed by atoms with Crippen LogP contribution in [0.1, 0.15) is 18.4 Å². The van der Waals surface area contributed by atoms with Gasteiger partial charge >= 0.3 is 12.2 Å². The second-order valence-electron chi connectivity index (χ2n) is 4.72. The van der Waals surface area contributed by atoms with E-state index >= 15 is 0 Å². The molecule has 1 aliphatic rings. The molecule has 0 saturated heterocycles. The first-order valence-electron chi connectivity index (χ1n) is 6.37. The molecule has 4 nitrogen and oxygen atoms in total. The maximum Gasteiger partial charge on any atom is 0.416 e. The Morgan fingerprint density at radius 1 is 1.30 bits per heavy atom. The summed E-state index contributed by atoms with van der Waals surface area (Å²) >= 11 is 0. The summed E-state index contributed by atoms with van der Waals surface area (Å²) in [6, 6.07) is 4.26. The molecule has 0 unspecified atom stereocenters. The van der Waals surface area contributed by atoms with Gasteiger partial charge in [-0.2, -0.15) is 13.2 Å². The van der Waals surface area contributed by atoms with Gasteiger partial charge in [0.2, 0.25) is 0 Å². The van der Waals surface area contributed by atoms with Crippen molar-refractivity contribution in [1.29, 1.82) is 0 Å². The van der Waals surface area contributed by atoms with Gasteiger partial charge in [0.1, 0.15) is 0 Å². The van der Waals surface area contributed by atoms with Crippen LogP contribution in [0.5, 0.6) is 0 Å². The summed E-state index contributed by atoms with van der Waals surface area (Å²) in [6.07, 6.45) is -2.48. The summed E-state index contributed by atoms with van der Waals surface area (Å²) in [5, 5.41) is 2.59. The number of anilines is 1.